The van der Waals surface area contributed by atoms with Gasteiger partial charge in [-0.25, -0.2) is 14.2 Å². The molecule has 12 nitrogen and oxygen atoms in total. The van der Waals surface area contributed by atoms with E-state index in [1.165, 1.54) is 19.1 Å². The largest absolute Gasteiger partial charge is 0.530 e. The van der Waals surface area contributed by atoms with Gasteiger partial charge in [0.25, 0.3) is 5.56 Å². The van der Waals surface area contributed by atoms with E-state index in [9.17, 15) is 24.1 Å². The van der Waals surface area contributed by atoms with Crippen LogP contribution in [0.1, 0.15) is 20.8 Å². The van der Waals surface area contributed by atoms with Gasteiger partial charge in [0.1, 0.15) is 18.0 Å². The molecule has 1 saturated heterocycles. The van der Waals surface area contributed by atoms with E-state index in [4.69, 9.17) is 34.6 Å². The van der Waals surface area contributed by atoms with Crippen molar-refractivity contribution in [3.05, 3.63) is 63.4 Å². The SMILES string of the molecule is CC(C)OC(=O)[C@H](C)OP(=O)(OC[C@H]1OC[C@@](Cl)(n2ccc(=O)[nH]c2=O)[C@@H]1O)Oc1ccccc1. The smallest absolute Gasteiger partial charge is 0.461 e. The van der Waals surface area contributed by atoms with Crippen LogP contribution in [-0.2, 0) is 32.9 Å². The molecule has 0 amide bonds. The van der Waals surface area contributed by atoms with Crippen LogP contribution in [0.4, 0.5) is 0 Å². The second-order valence-electron chi connectivity index (χ2n) is 7.97. The van der Waals surface area contributed by atoms with Gasteiger partial charge in [-0.3, -0.25) is 23.4 Å². The maximum atomic E-state index is 13.4. The van der Waals surface area contributed by atoms with Gasteiger partial charge in [0, 0.05) is 12.3 Å². The van der Waals surface area contributed by atoms with Crippen molar-refractivity contribution in [2.75, 3.05) is 13.2 Å². The molecule has 1 fully saturated rings. The number of rotatable bonds is 10. The van der Waals surface area contributed by atoms with Gasteiger partial charge in [-0.05, 0) is 32.9 Å². The number of halogens is 1. The van der Waals surface area contributed by atoms with Gasteiger partial charge in [0.15, 0.2) is 11.1 Å². The summed E-state index contributed by atoms with van der Waals surface area (Å²) in [6.07, 6.45) is -3.31. The van der Waals surface area contributed by atoms with Crippen LogP contribution in [0.15, 0.2) is 52.2 Å². The number of alkyl halides is 1. The summed E-state index contributed by atoms with van der Waals surface area (Å²) < 4.78 is 41.1. The van der Waals surface area contributed by atoms with Crippen LogP contribution >= 0.6 is 19.4 Å². The van der Waals surface area contributed by atoms with Crippen molar-refractivity contribution in [3.8, 4) is 5.75 Å². The molecule has 1 aromatic carbocycles. The third kappa shape index (κ3) is 6.60. The quantitative estimate of drug-likeness (QED) is 0.262. The monoisotopic (exact) mass is 532 g/mol. The highest BCUT2D eigenvalue weighted by Crippen LogP contribution is 2.51. The highest BCUT2D eigenvalue weighted by atomic mass is 35.5. The average Bonchev–Trinajstić information content (AvgIpc) is 3.07. The lowest BCUT2D eigenvalue weighted by Gasteiger charge is -2.27. The van der Waals surface area contributed by atoms with Gasteiger partial charge < -0.3 is 19.1 Å². The number of esters is 1. The second kappa shape index (κ2) is 11.1. The highest BCUT2D eigenvalue weighted by molar-refractivity contribution is 7.49. The molecule has 1 aromatic heterocycles. The number of aromatic amines is 1. The predicted octanol–water partition coefficient (Wildman–Crippen LogP) is 1.75. The van der Waals surface area contributed by atoms with E-state index in [0.29, 0.717) is 0 Å². The van der Waals surface area contributed by atoms with E-state index in [0.717, 1.165) is 16.8 Å². The average molecular weight is 533 g/mol. The lowest BCUT2D eigenvalue weighted by Crippen LogP contribution is -2.49. The number of nitrogens with one attached hydrogen (secondary N) is 1. The summed E-state index contributed by atoms with van der Waals surface area (Å²) in [5.41, 5.74) is -1.49. The molecule has 2 N–H and O–H groups in total. The minimum absolute atomic E-state index is 0.139. The van der Waals surface area contributed by atoms with Crippen molar-refractivity contribution in [1.82, 2.24) is 9.55 Å². The Kier molecular flexibility index (Phi) is 8.58. The Morgan fingerprint density at radius 1 is 1.29 bits per heavy atom. The molecule has 1 aliphatic rings. The van der Waals surface area contributed by atoms with Crippen molar-refractivity contribution in [2.24, 2.45) is 0 Å². The highest BCUT2D eigenvalue weighted by Gasteiger charge is 2.51. The minimum Gasteiger partial charge on any atom is -0.461 e. The van der Waals surface area contributed by atoms with E-state index < -0.39 is 61.1 Å². The first-order valence-corrected chi connectivity index (χ1v) is 12.5. The number of carbonyl (C=O) groups is 1. The molecule has 0 radical (unpaired) electrons. The first-order valence-electron chi connectivity index (χ1n) is 10.6. The lowest BCUT2D eigenvalue weighted by atomic mass is 10.1. The lowest BCUT2D eigenvalue weighted by molar-refractivity contribution is -0.155. The normalized spacial score (nSPS) is 24.6. The number of carbonyl (C=O) groups excluding carboxylic acids is 1. The molecule has 5 atom stereocenters. The molecule has 0 saturated carbocycles. The molecule has 0 spiro atoms. The fraction of sp³-hybridized carbons (Fsp3) is 0.476. The number of H-pyrrole nitrogens is 1. The van der Waals surface area contributed by atoms with Gasteiger partial charge >= 0.3 is 19.5 Å². The van der Waals surface area contributed by atoms with Crippen molar-refractivity contribution < 1.29 is 37.5 Å². The number of aromatic nitrogens is 2. The summed E-state index contributed by atoms with van der Waals surface area (Å²) in [4.78, 5) is 36.0. The van der Waals surface area contributed by atoms with Crippen LogP contribution in [0.25, 0.3) is 0 Å². The Bertz CT molecular complexity index is 1190. The van der Waals surface area contributed by atoms with E-state index in [2.05, 4.69) is 0 Å². The van der Waals surface area contributed by atoms with E-state index in [-0.39, 0.29) is 12.4 Å². The molecule has 3 rings (SSSR count). The molecule has 0 aliphatic carbocycles. The molecule has 2 aromatic rings. The Hall–Kier alpha value is -2.47. The maximum Gasteiger partial charge on any atom is 0.530 e. The zero-order chi connectivity index (χ0) is 25.8. The molecule has 192 valence electrons. The van der Waals surface area contributed by atoms with Crippen molar-refractivity contribution in [1.29, 1.82) is 0 Å². The van der Waals surface area contributed by atoms with Crippen LogP contribution in [0.3, 0.4) is 0 Å². The van der Waals surface area contributed by atoms with Gasteiger partial charge in [-0.15, -0.1) is 0 Å². The van der Waals surface area contributed by atoms with Crippen molar-refractivity contribution >= 4 is 25.4 Å². The Morgan fingerprint density at radius 3 is 2.60 bits per heavy atom. The number of hydrogen-bond acceptors (Lipinski definition) is 10. The summed E-state index contributed by atoms with van der Waals surface area (Å²) in [6, 6.07) is 9.04. The fourth-order valence-electron chi connectivity index (χ4n) is 3.16. The minimum atomic E-state index is -4.45. The summed E-state index contributed by atoms with van der Waals surface area (Å²) in [6.45, 7) is 3.74. The summed E-state index contributed by atoms with van der Waals surface area (Å²) in [7, 11) is -4.45. The predicted molar refractivity (Wildman–Crippen MR) is 123 cm³/mol. The molecular formula is C21H26ClN2O10P. The number of benzene rings is 1. The Balaban J connectivity index is 1.76. The number of ether oxygens (including phenoxy) is 2. The van der Waals surface area contributed by atoms with E-state index >= 15 is 0 Å². The van der Waals surface area contributed by atoms with Gasteiger partial charge in [-0.1, -0.05) is 29.8 Å². The number of phosphoric ester groups is 1. The number of aliphatic hydroxyl groups excluding tert-OH is 1. The zero-order valence-electron chi connectivity index (χ0n) is 19.2. The first kappa shape index (κ1) is 27.1. The van der Waals surface area contributed by atoms with Gasteiger partial charge in [0.05, 0.1) is 19.3 Å². The Morgan fingerprint density at radius 2 is 1.97 bits per heavy atom. The van der Waals surface area contributed by atoms with Crippen LogP contribution in [0.2, 0.25) is 0 Å². The van der Waals surface area contributed by atoms with Crippen molar-refractivity contribution in [3.63, 3.8) is 0 Å². The van der Waals surface area contributed by atoms with E-state index in [1.807, 2.05) is 4.98 Å². The van der Waals surface area contributed by atoms with Crippen LogP contribution < -0.4 is 15.8 Å². The third-order valence-electron chi connectivity index (χ3n) is 4.86. The number of aliphatic hydroxyl groups is 1. The zero-order valence-corrected chi connectivity index (χ0v) is 20.8. The van der Waals surface area contributed by atoms with Crippen LogP contribution in [0.5, 0.6) is 5.75 Å². The second-order valence-corrected chi connectivity index (χ2v) is 10.2. The first-order chi connectivity index (χ1) is 16.4. The molecule has 1 unspecified atom stereocenters. The number of hydrogen-bond donors (Lipinski definition) is 2. The molecular weight excluding hydrogens is 507 g/mol. The topological polar surface area (TPSA) is 155 Å². The van der Waals surface area contributed by atoms with Crippen molar-refractivity contribution in [2.45, 2.75) is 50.2 Å². The number of nitrogens with zero attached hydrogens (tertiary/aromatic N) is 1. The number of para-hydroxylation sites is 1. The van der Waals surface area contributed by atoms with Crippen LogP contribution in [0, 0.1) is 0 Å². The molecule has 0 bridgehead atoms. The summed E-state index contributed by atoms with van der Waals surface area (Å²) in [5, 5.41) is 10.8. The summed E-state index contributed by atoms with van der Waals surface area (Å²) in [5.74, 6) is -0.644. The molecule has 1 aliphatic heterocycles. The van der Waals surface area contributed by atoms with Crippen LogP contribution in [-0.4, -0.2) is 58.3 Å². The standard InChI is InChI=1S/C21H26ClN2O10P/c1-13(2)32-19(27)14(3)33-35(29,34-15-7-5-4-6-8-15)31-11-16-18(26)21(22,12-30-16)24-10-9-17(25)23-20(24)28/h4-10,13-14,16,18,26H,11-12H2,1-3H3,(H,23,25,28)/t14-,16+,18+,21+,35?/m0/s1. The molecule has 2 heterocycles. The third-order valence-corrected chi connectivity index (χ3v) is 6.85. The fourth-order valence-corrected chi connectivity index (χ4v) is 4.84. The molecule has 35 heavy (non-hydrogen) atoms. The van der Waals surface area contributed by atoms with Gasteiger partial charge in [0.2, 0.25) is 0 Å². The number of phosphoric acid groups is 1. The van der Waals surface area contributed by atoms with E-state index in [1.54, 1.807) is 32.0 Å². The Labute approximate surface area is 205 Å². The summed E-state index contributed by atoms with van der Waals surface area (Å²) >= 11 is 6.47. The van der Waals surface area contributed by atoms with Gasteiger partial charge in [-0.2, -0.15) is 0 Å². The maximum absolute atomic E-state index is 13.4. The molecule has 14 heteroatoms.